The largest absolute Gasteiger partial charge is 0.496 e. The van der Waals surface area contributed by atoms with Crippen molar-refractivity contribution in [3.63, 3.8) is 0 Å². The van der Waals surface area contributed by atoms with Gasteiger partial charge in [-0.15, -0.1) is 0 Å². The lowest BCUT2D eigenvalue weighted by Crippen LogP contribution is -2.27. The highest BCUT2D eigenvalue weighted by Gasteiger charge is 2.44. The third-order valence-corrected chi connectivity index (χ3v) is 4.73. The first kappa shape index (κ1) is 18.8. The summed E-state index contributed by atoms with van der Waals surface area (Å²) in [4.78, 5) is 23.2. The van der Waals surface area contributed by atoms with E-state index in [0.29, 0.717) is 30.7 Å². The molecule has 0 aliphatic heterocycles. The highest BCUT2D eigenvalue weighted by Crippen LogP contribution is 2.47. The smallest absolute Gasteiger partial charge is 0.335 e. The van der Waals surface area contributed by atoms with E-state index in [4.69, 9.17) is 9.84 Å². The Morgan fingerprint density at radius 1 is 1.19 bits per heavy atom. The van der Waals surface area contributed by atoms with Gasteiger partial charge in [-0.2, -0.15) is 0 Å². The van der Waals surface area contributed by atoms with Crippen molar-refractivity contribution in [2.75, 3.05) is 13.7 Å². The van der Waals surface area contributed by atoms with Crippen molar-refractivity contribution < 1.29 is 28.2 Å². The molecule has 142 valence electrons. The number of ether oxygens (including phenoxy) is 1. The molecule has 7 heteroatoms. The summed E-state index contributed by atoms with van der Waals surface area (Å²) in [6.07, 6.45) is 1.09. The molecule has 2 aromatic rings. The van der Waals surface area contributed by atoms with Gasteiger partial charge in [0.15, 0.2) is 11.6 Å². The van der Waals surface area contributed by atoms with Gasteiger partial charge in [0.05, 0.1) is 12.7 Å². The minimum Gasteiger partial charge on any atom is -0.496 e. The molecule has 2 atom stereocenters. The highest BCUT2D eigenvalue weighted by atomic mass is 19.2. The van der Waals surface area contributed by atoms with Crippen molar-refractivity contribution in [1.82, 2.24) is 5.32 Å². The number of carbonyl (C=O) groups is 2. The van der Waals surface area contributed by atoms with Gasteiger partial charge in [-0.1, -0.05) is 12.1 Å². The van der Waals surface area contributed by atoms with Gasteiger partial charge in [-0.3, -0.25) is 4.79 Å². The highest BCUT2D eigenvalue weighted by molar-refractivity contribution is 5.88. The molecule has 2 aromatic carbocycles. The summed E-state index contributed by atoms with van der Waals surface area (Å²) >= 11 is 0. The number of rotatable bonds is 7. The molecule has 5 nitrogen and oxygen atoms in total. The van der Waals surface area contributed by atoms with Gasteiger partial charge in [-0.05, 0) is 54.2 Å². The van der Waals surface area contributed by atoms with Crippen LogP contribution in [0.1, 0.15) is 33.8 Å². The standard InChI is InChI=1S/C20H19F2NO4/c1-27-18-9-13(20(25)26)3-2-11(18)6-7-23-19(24)15-10-14(15)12-4-5-16(21)17(22)8-12/h2-5,8-9,14-15H,6-7,10H2,1H3,(H,23,24)(H,25,26). The average molecular weight is 375 g/mol. The van der Waals surface area contributed by atoms with Crippen LogP contribution in [0.4, 0.5) is 8.78 Å². The zero-order valence-corrected chi connectivity index (χ0v) is 14.7. The number of carbonyl (C=O) groups excluding carboxylic acids is 1. The van der Waals surface area contributed by atoms with E-state index in [1.807, 2.05) is 0 Å². The topological polar surface area (TPSA) is 75.6 Å². The van der Waals surface area contributed by atoms with Crippen LogP contribution in [-0.4, -0.2) is 30.6 Å². The molecular formula is C20H19F2NO4. The van der Waals surface area contributed by atoms with Crippen molar-refractivity contribution in [3.05, 3.63) is 64.7 Å². The number of methoxy groups -OCH3 is 1. The van der Waals surface area contributed by atoms with E-state index in [-0.39, 0.29) is 23.3 Å². The molecule has 27 heavy (non-hydrogen) atoms. The van der Waals surface area contributed by atoms with Gasteiger partial charge in [0.25, 0.3) is 0 Å². The minimum absolute atomic E-state index is 0.0931. The Kier molecular flexibility index (Phi) is 5.39. The number of carboxylic acid groups (broad SMARTS) is 1. The van der Waals surface area contributed by atoms with Crippen molar-refractivity contribution >= 4 is 11.9 Å². The van der Waals surface area contributed by atoms with Crippen molar-refractivity contribution in [3.8, 4) is 5.75 Å². The second-order valence-electron chi connectivity index (χ2n) is 6.50. The van der Waals surface area contributed by atoms with Crippen LogP contribution >= 0.6 is 0 Å². The van der Waals surface area contributed by atoms with Crippen LogP contribution in [0.2, 0.25) is 0 Å². The average Bonchev–Trinajstić information content (AvgIpc) is 3.44. The number of aromatic carboxylic acids is 1. The number of amides is 1. The maximum absolute atomic E-state index is 13.3. The van der Waals surface area contributed by atoms with E-state index in [1.54, 1.807) is 6.07 Å². The SMILES string of the molecule is COc1cc(C(=O)O)ccc1CCNC(=O)C1CC1c1ccc(F)c(F)c1. The molecule has 1 saturated carbocycles. The van der Waals surface area contributed by atoms with Crippen LogP contribution in [0.3, 0.4) is 0 Å². The van der Waals surface area contributed by atoms with E-state index >= 15 is 0 Å². The predicted octanol–water partition coefficient (Wildman–Crippen LogP) is 3.13. The molecule has 1 fully saturated rings. The number of nitrogens with one attached hydrogen (secondary N) is 1. The fourth-order valence-corrected chi connectivity index (χ4v) is 3.13. The van der Waals surface area contributed by atoms with E-state index < -0.39 is 17.6 Å². The Labute approximate surface area is 155 Å². The molecule has 0 aromatic heterocycles. The molecule has 1 aliphatic rings. The van der Waals surface area contributed by atoms with Crippen LogP contribution in [0, 0.1) is 17.6 Å². The van der Waals surface area contributed by atoms with Crippen molar-refractivity contribution in [2.24, 2.45) is 5.92 Å². The van der Waals surface area contributed by atoms with E-state index in [9.17, 15) is 18.4 Å². The number of hydrogen-bond donors (Lipinski definition) is 2. The molecule has 2 N–H and O–H groups in total. The Morgan fingerprint density at radius 2 is 1.96 bits per heavy atom. The molecule has 0 radical (unpaired) electrons. The third kappa shape index (κ3) is 4.24. The van der Waals surface area contributed by atoms with Crippen molar-refractivity contribution in [2.45, 2.75) is 18.8 Å². The number of benzene rings is 2. The molecule has 0 saturated heterocycles. The second-order valence-corrected chi connectivity index (χ2v) is 6.50. The first-order valence-corrected chi connectivity index (χ1v) is 8.53. The molecule has 3 rings (SSSR count). The Morgan fingerprint density at radius 3 is 2.63 bits per heavy atom. The van der Waals surface area contributed by atoms with E-state index in [0.717, 1.165) is 17.7 Å². The first-order valence-electron chi connectivity index (χ1n) is 8.53. The molecule has 2 unspecified atom stereocenters. The number of halogens is 2. The Balaban J connectivity index is 1.53. The number of hydrogen-bond acceptors (Lipinski definition) is 3. The zero-order chi connectivity index (χ0) is 19.6. The van der Waals surface area contributed by atoms with E-state index in [2.05, 4.69) is 5.32 Å². The van der Waals surface area contributed by atoms with E-state index in [1.165, 1.54) is 25.3 Å². The summed E-state index contributed by atoms with van der Waals surface area (Å²) < 4.78 is 31.5. The Hall–Kier alpha value is -2.96. The summed E-state index contributed by atoms with van der Waals surface area (Å²) in [7, 11) is 1.46. The third-order valence-electron chi connectivity index (χ3n) is 4.73. The number of carboxylic acids is 1. The molecule has 0 heterocycles. The van der Waals surface area contributed by atoms with Crippen LogP contribution in [-0.2, 0) is 11.2 Å². The summed E-state index contributed by atoms with van der Waals surface area (Å²) in [5.41, 5.74) is 1.54. The fourth-order valence-electron chi connectivity index (χ4n) is 3.13. The first-order chi connectivity index (χ1) is 12.9. The van der Waals surface area contributed by atoms with Crippen LogP contribution in [0.25, 0.3) is 0 Å². The minimum atomic E-state index is -1.04. The lowest BCUT2D eigenvalue weighted by molar-refractivity contribution is -0.122. The molecule has 0 bridgehead atoms. The van der Waals surface area contributed by atoms with Gasteiger partial charge in [0, 0.05) is 12.5 Å². The Bertz CT molecular complexity index is 884. The van der Waals surface area contributed by atoms with Gasteiger partial charge in [-0.25, -0.2) is 13.6 Å². The molecule has 1 aliphatic carbocycles. The molecule has 1 amide bonds. The monoisotopic (exact) mass is 375 g/mol. The lowest BCUT2D eigenvalue weighted by Gasteiger charge is -2.10. The fraction of sp³-hybridized carbons (Fsp3) is 0.300. The zero-order valence-electron chi connectivity index (χ0n) is 14.7. The van der Waals surface area contributed by atoms with Gasteiger partial charge in [0.1, 0.15) is 5.75 Å². The predicted molar refractivity (Wildman–Crippen MR) is 93.9 cm³/mol. The normalized spacial score (nSPS) is 18.0. The summed E-state index contributed by atoms with van der Waals surface area (Å²) in [6.45, 7) is 0.364. The van der Waals surface area contributed by atoms with Crippen LogP contribution < -0.4 is 10.1 Å². The second kappa shape index (κ2) is 7.73. The summed E-state index contributed by atoms with van der Waals surface area (Å²) in [5, 5.41) is 11.8. The van der Waals surface area contributed by atoms with Crippen LogP contribution in [0.5, 0.6) is 5.75 Å². The summed E-state index contributed by atoms with van der Waals surface area (Å²) in [5.74, 6) is -2.86. The van der Waals surface area contributed by atoms with Gasteiger partial charge in [0.2, 0.25) is 5.91 Å². The quantitative estimate of drug-likeness (QED) is 0.780. The van der Waals surface area contributed by atoms with Gasteiger partial charge >= 0.3 is 5.97 Å². The molecular weight excluding hydrogens is 356 g/mol. The van der Waals surface area contributed by atoms with Crippen molar-refractivity contribution in [1.29, 1.82) is 0 Å². The lowest BCUT2D eigenvalue weighted by atomic mass is 10.1. The maximum Gasteiger partial charge on any atom is 0.335 e. The van der Waals surface area contributed by atoms with Gasteiger partial charge < -0.3 is 15.2 Å². The molecule has 0 spiro atoms. The van der Waals surface area contributed by atoms with Crippen LogP contribution in [0.15, 0.2) is 36.4 Å². The summed E-state index contributed by atoms with van der Waals surface area (Å²) in [6, 6.07) is 8.32. The maximum atomic E-state index is 13.3.